The zero-order valence-corrected chi connectivity index (χ0v) is 12.7. The number of imidazole rings is 1. The van der Waals surface area contributed by atoms with Gasteiger partial charge in [-0.1, -0.05) is 11.8 Å². The van der Waals surface area contributed by atoms with Gasteiger partial charge in [-0.05, 0) is 32.5 Å². The molecule has 1 atom stereocenters. The Labute approximate surface area is 127 Å². The normalized spacial score (nSPS) is 20.0. The van der Waals surface area contributed by atoms with Crippen molar-refractivity contribution >= 4 is 28.8 Å². The van der Waals surface area contributed by atoms with Crippen LogP contribution in [0, 0.1) is 0 Å². The van der Waals surface area contributed by atoms with Crippen LogP contribution in [0.15, 0.2) is 23.6 Å². The summed E-state index contributed by atoms with van der Waals surface area (Å²) in [4.78, 5) is 21.8. The van der Waals surface area contributed by atoms with Gasteiger partial charge in [-0.15, -0.1) is 0 Å². The van der Waals surface area contributed by atoms with E-state index >= 15 is 0 Å². The van der Waals surface area contributed by atoms with Gasteiger partial charge in [0.25, 0.3) is 0 Å². The molecule has 1 fully saturated rings. The highest BCUT2D eigenvalue weighted by Gasteiger charge is 2.24. The van der Waals surface area contributed by atoms with E-state index in [0.717, 1.165) is 42.1 Å². The van der Waals surface area contributed by atoms with Gasteiger partial charge >= 0.3 is 5.97 Å². The van der Waals surface area contributed by atoms with E-state index in [1.807, 2.05) is 6.07 Å². The minimum absolute atomic E-state index is 0.0271. The lowest BCUT2D eigenvalue weighted by Gasteiger charge is -2.31. The van der Waals surface area contributed by atoms with Crippen molar-refractivity contribution in [2.75, 3.05) is 25.9 Å². The molecule has 0 bridgehead atoms. The number of hydrogen-bond donors (Lipinski definition) is 1. The third-order valence-electron chi connectivity index (χ3n) is 3.75. The van der Waals surface area contributed by atoms with Crippen molar-refractivity contribution in [2.24, 2.45) is 0 Å². The first-order chi connectivity index (χ1) is 10.1. The predicted octanol–water partition coefficient (Wildman–Crippen LogP) is 1.87. The van der Waals surface area contributed by atoms with Gasteiger partial charge in [0.05, 0.1) is 17.5 Å². The molecule has 2 aromatic rings. The maximum atomic E-state index is 10.8. The number of hydrogen-bond acceptors (Lipinski definition) is 5. The molecule has 112 valence electrons. The predicted molar refractivity (Wildman–Crippen MR) is 81.7 cm³/mol. The molecule has 1 aliphatic rings. The lowest BCUT2D eigenvalue weighted by Crippen LogP contribution is -2.33. The van der Waals surface area contributed by atoms with Crippen LogP contribution in [0.5, 0.6) is 0 Å². The van der Waals surface area contributed by atoms with Crippen molar-refractivity contribution in [1.82, 2.24) is 19.4 Å². The van der Waals surface area contributed by atoms with Crippen molar-refractivity contribution in [2.45, 2.75) is 24.0 Å². The van der Waals surface area contributed by atoms with E-state index < -0.39 is 5.97 Å². The van der Waals surface area contributed by atoms with Crippen molar-refractivity contribution < 1.29 is 9.90 Å². The van der Waals surface area contributed by atoms with Gasteiger partial charge in [-0.25, -0.2) is 4.98 Å². The number of likely N-dealkylation sites (tertiary alicyclic amines) is 1. The highest BCUT2D eigenvalue weighted by Crippen LogP contribution is 2.31. The van der Waals surface area contributed by atoms with Gasteiger partial charge in [0, 0.05) is 18.8 Å². The molecular formula is C14H18N4O2S. The fourth-order valence-electron chi connectivity index (χ4n) is 2.86. The largest absolute Gasteiger partial charge is 0.481 e. The average molecular weight is 306 g/mol. The summed E-state index contributed by atoms with van der Waals surface area (Å²) in [6.07, 6.45) is 5.75. The Morgan fingerprint density at radius 2 is 2.43 bits per heavy atom. The molecule has 2 aromatic heterocycles. The SMILES string of the molecule is CN1CCCC(n2c(SCC(=O)O)nc3cnccc32)C1. The number of piperidine rings is 1. The molecule has 0 spiro atoms. The first kappa shape index (κ1) is 14.3. The molecule has 0 aliphatic carbocycles. The smallest absolute Gasteiger partial charge is 0.313 e. The quantitative estimate of drug-likeness (QED) is 0.870. The van der Waals surface area contributed by atoms with E-state index in [4.69, 9.17) is 5.11 Å². The second kappa shape index (κ2) is 6.03. The van der Waals surface area contributed by atoms with Crippen LogP contribution in [0.1, 0.15) is 18.9 Å². The summed E-state index contributed by atoms with van der Waals surface area (Å²) in [7, 11) is 2.12. The molecule has 1 saturated heterocycles. The van der Waals surface area contributed by atoms with Crippen LogP contribution in [-0.2, 0) is 4.79 Å². The Balaban J connectivity index is 2.00. The molecule has 0 amide bonds. The summed E-state index contributed by atoms with van der Waals surface area (Å²) in [5, 5.41) is 9.69. The van der Waals surface area contributed by atoms with Crippen LogP contribution in [0.3, 0.4) is 0 Å². The number of rotatable bonds is 4. The number of carbonyl (C=O) groups is 1. The average Bonchev–Trinajstić information content (AvgIpc) is 2.83. The number of aliphatic carboxylic acids is 1. The van der Waals surface area contributed by atoms with E-state index in [2.05, 4.69) is 26.5 Å². The van der Waals surface area contributed by atoms with Gasteiger partial charge in [0.1, 0.15) is 5.52 Å². The number of carboxylic acids is 1. The van der Waals surface area contributed by atoms with E-state index in [1.54, 1.807) is 12.4 Å². The number of likely N-dealkylation sites (N-methyl/N-ethyl adjacent to an activating group) is 1. The zero-order valence-electron chi connectivity index (χ0n) is 11.9. The van der Waals surface area contributed by atoms with Crippen LogP contribution in [0.2, 0.25) is 0 Å². The molecule has 0 aromatic carbocycles. The van der Waals surface area contributed by atoms with Crippen LogP contribution in [0.25, 0.3) is 11.0 Å². The van der Waals surface area contributed by atoms with Crippen LogP contribution < -0.4 is 0 Å². The number of pyridine rings is 1. The van der Waals surface area contributed by atoms with Gasteiger partial charge in [-0.3, -0.25) is 9.78 Å². The summed E-state index contributed by atoms with van der Waals surface area (Å²) in [6.45, 7) is 2.08. The summed E-state index contributed by atoms with van der Waals surface area (Å²) in [5.41, 5.74) is 1.87. The Morgan fingerprint density at radius 3 is 3.19 bits per heavy atom. The lowest BCUT2D eigenvalue weighted by atomic mass is 10.1. The molecule has 6 nitrogen and oxygen atoms in total. The van der Waals surface area contributed by atoms with Crippen molar-refractivity contribution in [3.63, 3.8) is 0 Å². The summed E-state index contributed by atoms with van der Waals surface area (Å²) in [6, 6.07) is 2.30. The van der Waals surface area contributed by atoms with Gasteiger partial charge in [0.2, 0.25) is 0 Å². The maximum absolute atomic E-state index is 10.8. The van der Waals surface area contributed by atoms with Crippen LogP contribution in [0.4, 0.5) is 0 Å². The molecule has 1 N–H and O–H groups in total. The van der Waals surface area contributed by atoms with E-state index in [1.165, 1.54) is 11.8 Å². The molecule has 21 heavy (non-hydrogen) atoms. The number of thioether (sulfide) groups is 1. The maximum Gasteiger partial charge on any atom is 0.313 e. The minimum atomic E-state index is -0.822. The topological polar surface area (TPSA) is 71.2 Å². The van der Waals surface area contributed by atoms with Gasteiger partial charge in [0.15, 0.2) is 5.16 Å². The van der Waals surface area contributed by atoms with Crippen molar-refractivity contribution in [1.29, 1.82) is 0 Å². The molecule has 0 saturated carbocycles. The molecule has 7 heteroatoms. The highest BCUT2D eigenvalue weighted by molar-refractivity contribution is 7.99. The van der Waals surface area contributed by atoms with Crippen molar-refractivity contribution in [3.8, 4) is 0 Å². The van der Waals surface area contributed by atoms with E-state index in [9.17, 15) is 4.79 Å². The molecule has 3 rings (SSSR count). The number of aromatic nitrogens is 3. The highest BCUT2D eigenvalue weighted by atomic mass is 32.2. The molecule has 3 heterocycles. The van der Waals surface area contributed by atoms with Crippen LogP contribution in [-0.4, -0.2) is 56.4 Å². The summed E-state index contributed by atoms with van der Waals surface area (Å²) >= 11 is 1.28. The third kappa shape index (κ3) is 3.03. The number of nitrogens with zero attached hydrogens (tertiary/aromatic N) is 4. The molecular weight excluding hydrogens is 288 g/mol. The Bertz CT molecular complexity index is 657. The minimum Gasteiger partial charge on any atom is -0.481 e. The standard InChI is InChI=1S/C14H18N4O2S/c1-17-6-2-3-10(8-17)18-12-4-5-15-7-11(12)16-14(18)21-9-13(19)20/h4-5,7,10H,2-3,6,8-9H2,1H3,(H,19,20). The third-order valence-corrected chi connectivity index (χ3v) is 4.69. The lowest BCUT2D eigenvalue weighted by molar-refractivity contribution is -0.133. The molecule has 0 radical (unpaired) electrons. The summed E-state index contributed by atoms with van der Waals surface area (Å²) < 4.78 is 2.19. The number of fused-ring (bicyclic) bond motifs is 1. The zero-order chi connectivity index (χ0) is 14.8. The first-order valence-electron chi connectivity index (χ1n) is 7.00. The van der Waals surface area contributed by atoms with Crippen LogP contribution >= 0.6 is 11.8 Å². The second-order valence-electron chi connectivity index (χ2n) is 5.37. The van der Waals surface area contributed by atoms with Gasteiger partial charge in [-0.2, -0.15) is 0 Å². The van der Waals surface area contributed by atoms with Gasteiger partial charge < -0.3 is 14.6 Å². The fraction of sp³-hybridized carbons (Fsp3) is 0.500. The Kier molecular flexibility index (Phi) is 4.12. The molecule has 1 aliphatic heterocycles. The Hall–Kier alpha value is -1.60. The number of carboxylic acid groups (broad SMARTS) is 1. The van der Waals surface area contributed by atoms with E-state index in [-0.39, 0.29) is 5.75 Å². The van der Waals surface area contributed by atoms with Crippen molar-refractivity contribution in [3.05, 3.63) is 18.5 Å². The Morgan fingerprint density at radius 1 is 1.57 bits per heavy atom. The monoisotopic (exact) mass is 306 g/mol. The second-order valence-corrected chi connectivity index (χ2v) is 6.31. The van der Waals surface area contributed by atoms with E-state index in [0.29, 0.717) is 6.04 Å². The summed E-state index contributed by atoms with van der Waals surface area (Å²) in [5.74, 6) is -0.795. The molecule has 1 unspecified atom stereocenters. The fourth-order valence-corrected chi connectivity index (χ4v) is 3.66. The first-order valence-corrected chi connectivity index (χ1v) is 7.99.